The summed E-state index contributed by atoms with van der Waals surface area (Å²) >= 11 is 7.14. The lowest BCUT2D eigenvalue weighted by Gasteiger charge is -2.32. The van der Waals surface area contributed by atoms with Crippen molar-refractivity contribution in [3.63, 3.8) is 0 Å². The van der Waals surface area contributed by atoms with E-state index in [9.17, 15) is 9.18 Å². The first-order valence-corrected chi connectivity index (χ1v) is 9.45. The SMILES string of the molecule is Cc1nnc2n1NC(c1ccccc1)C(C(=O)Nc1ccc(F)c(Cl)c1)S2. The maximum absolute atomic E-state index is 13.4. The van der Waals surface area contributed by atoms with Gasteiger partial charge in [-0.3, -0.25) is 4.79 Å². The highest BCUT2D eigenvalue weighted by molar-refractivity contribution is 8.00. The summed E-state index contributed by atoms with van der Waals surface area (Å²) < 4.78 is 15.1. The molecule has 4 rings (SSSR count). The highest BCUT2D eigenvalue weighted by Crippen LogP contribution is 2.37. The Kier molecular flexibility index (Phi) is 4.75. The van der Waals surface area contributed by atoms with Gasteiger partial charge in [0.05, 0.1) is 11.1 Å². The van der Waals surface area contributed by atoms with E-state index in [0.29, 0.717) is 16.7 Å². The van der Waals surface area contributed by atoms with Gasteiger partial charge in [-0.1, -0.05) is 53.7 Å². The number of hydrogen-bond donors (Lipinski definition) is 2. The van der Waals surface area contributed by atoms with Crippen LogP contribution in [0.4, 0.5) is 10.1 Å². The molecule has 1 aromatic heterocycles. The van der Waals surface area contributed by atoms with Gasteiger partial charge in [-0.2, -0.15) is 0 Å². The van der Waals surface area contributed by atoms with Crippen molar-refractivity contribution in [1.82, 2.24) is 14.9 Å². The Morgan fingerprint density at radius 1 is 1.26 bits per heavy atom. The first-order valence-electron chi connectivity index (χ1n) is 8.19. The second-order valence-electron chi connectivity index (χ2n) is 6.04. The normalized spacial score (nSPS) is 18.5. The molecule has 0 aliphatic carbocycles. The molecule has 138 valence electrons. The van der Waals surface area contributed by atoms with Crippen molar-refractivity contribution < 1.29 is 9.18 Å². The second-order valence-corrected chi connectivity index (χ2v) is 7.56. The number of benzene rings is 2. The molecule has 2 heterocycles. The number of carbonyl (C=O) groups excluding carboxylic acids is 1. The van der Waals surface area contributed by atoms with E-state index in [1.54, 1.807) is 4.68 Å². The Morgan fingerprint density at radius 2 is 2.04 bits per heavy atom. The topological polar surface area (TPSA) is 71.8 Å². The molecule has 9 heteroatoms. The van der Waals surface area contributed by atoms with Crippen LogP contribution in [0.5, 0.6) is 0 Å². The summed E-state index contributed by atoms with van der Waals surface area (Å²) in [6, 6.07) is 13.5. The minimum atomic E-state index is -0.533. The van der Waals surface area contributed by atoms with E-state index in [2.05, 4.69) is 20.9 Å². The zero-order chi connectivity index (χ0) is 19.0. The average molecular weight is 404 g/mol. The van der Waals surface area contributed by atoms with Crippen LogP contribution >= 0.6 is 23.4 Å². The van der Waals surface area contributed by atoms with Gasteiger partial charge in [0.2, 0.25) is 11.1 Å². The maximum atomic E-state index is 13.4. The van der Waals surface area contributed by atoms with E-state index < -0.39 is 11.1 Å². The van der Waals surface area contributed by atoms with Crippen LogP contribution in [0.25, 0.3) is 0 Å². The number of aromatic nitrogens is 3. The lowest BCUT2D eigenvalue weighted by Crippen LogP contribution is -2.41. The molecule has 6 nitrogen and oxygen atoms in total. The lowest BCUT2D eigenvalue weighted by atomic mass is 10.0. The fourth-order valence-corrected chi connectivity index (χ4v) is 4.16. The molecule has 1 aliphatic rings. The third-order valence-corrected chi connectivity index (χ3v) is 5.71. The third kappa shape index (κ3) is 3.50. The average Bonchev–Trinajstić information content (AvgIpc) is 3.04. The van der Waals surface area contributed by atoms with Gasteiger partial charge in [-0.15, -0.1) is 10.2 Å². The Bertz CT molecular complexity index is 997. The molecule has 2 unspecified atom stereocenters. The van der Waals surface area contributed by atoms with Crippen molar-refractivity contribution in [1.29, 1.82) is 0 Å². The number of aryl methyl sites for hydroxylation is 1. The summed E-state index contributed by atoms with van der Waals surface area (Å²) in [5.41, 5.74) is 4.71. The monoisotopic (exact) mass is 403 g/mol. The number of nitrogens with zero attached hydrogens (tertiary/aromatic N) is 3. The first kappa shape index (κ1) is 17.8. The molecule has 0 saturated heterocycles. The fraction of sp³-hybridized carbons (Fsp3) is 0.167. The number of nitrogens with one attached hydrogen (secondary N) is 2. The van der Waals surface area contributed by atoms with Crippen LogP contribution in [0.1, 0.15) is 17.4 Å². The van der Waals surface area contributed by atoms with E-state index in [1.807, 2.05) is 37.3 Å². The molecule has 27 heavy (non-hydrogen) atoms. The quantitative estimate of drug-likeness (QED) is 0.696. The van der Waals surface area contributed by atoms with Crippen LogP contribution in [-0.2, 0) is 4.79 Å². The van der Waals surface area contributed by atoms with Gasteiger partial charge in [-0.25, -0.2) is 9.07 Å². The van der Waals surface area contributed by atoms with E-state index in [-0.39, 0.29) is 17.0 Å². The highest BCUT2D eigenvalue weighted by atomic mass is 35.5. The minimum Gasteiger partial charge on any atom is -0.325 e. The Hall–Kier alpha value is -2.58. The predicted molar refractivity (Wildman–Crippen MR) is 103 cm³/mol. The van der Waals surface area contributed by atoms with Crippen LogP contribution in [0, 0.1) is 12.7 Å². The Morgan fingerprint density at radius 3 is 2.78 bits per heavy atom. The van der Waals surface area contributed by atoms with Gasteiger partial charge in [0.15, 0.2) is 0 Å². The smallest absolute Gasteiger partial charge is 0.240 e. The molecule has 2 aromatic carbocycles. The summed E-state index contributed by atoms with van der Waals surface area (Å²) in [4.78, 5) is 13.0. The Balaban J connectivity index is 1.65. The highest BCUT2D eigenvalue weighted by Gasteiger charge is 2.37. The molecule has 3 aromatic rings. The molecular formula is C18H15ClFN5OS. The summed E-state index contributed by atoms with van der Waals surface area (Å²) in [5.74, 6) is -0.0624. The largest absolute Gasteiger partial charge is 0.325 e. The molecule has 1 aliphatic heterocycles. The predicted octanol–water partition coefficient (Wildman–Crippen LogP) is 3.78. The van der Waals surface area contributed by atoms with Gasteiger partial charge < -0.3 is 10.7 Å². The van der Waals surface area contributed by atoms with Crippen molar-refractivity contribution >= 4 is 35.0 Å². The summed E-state index contributed by atoms with van der Waals surface area (Å²) in [5, 5.41) is 11.0. The molecule has 0 bridgehead atoms. The summed E-state index contributed by atoms with van der Waals surface area (Å²) in [6.45, 7) is 1.84. The molecule has 2 N–H and O–H groups in total. The van der Waals surface area contributed by atoms with E-state index in [4.69, 9.17) is 11.6 Å². The van der Waals surface area contributed by atoms with Gasteiger partial charge in [-0.05, 0) is 30.7 Å². The number of rotatable bonds is 3. The second kappa shape index (κ2) is 7.21. The molecule has 0 radical (unpaired) electrons. The first-order chi connectivity index (χ1) is 13.0. The van der Waals surface area contributed by atoms with E-state index >= 15 is 0 Å². The lowest BCUT2D eigenvalue weighted by molar-refractivity contribution is -0.116. The standard InChI is InChI=1S/C18H15ClFN5OS/c1-10-22-23-18-25(10)24-15(11-5-3-2-4-6-11)16(27-18)17(26)21-12-7-8-14(20)13(19)9-12/h2-9,15-16,24H,1H3,(H,21,26). The van der Waals surface area contributed by atoms with Crippen molar-refractivity contribution in [3.05, 3.63) is 70.8 Å². The Labute approximate surface area is 164 Å². The molecule has 0 spiro atoms. The number of hydrogen-bond acceptors (Lipinski definition) is 5. The number of halogens is 2. The van der Waals surface area contributed by atoms with Crippen molar-refractivity contribution in [2.45, 2.75) is 23.4 Å². The van der Waals surface area contributed by atoms with Crippen LogP contribution in [0.3, 0.4) is 0 Å². The van der Waals surface area contributed by atoms with Crippen LogP contribution in [0.2, 0.25) is 5.02 Å². The molecule has 1 amide bonds. The third-order valence-electron chi connectivity index (χ3n) is 4.20. The fourth-order valence-electron chi connectivity index (χ4n) is 2.86. The number of carbonyl (C=O) groups is 1. The van der Waals surface area contributed by atoms with Crippen LogP contribution < -0.4 is 10.7 Å². The van der Waals surface area contributed by atoms with Gasteiger partial charge in [0.25, 0.3) is 0 Å². The summed E-state index contributed by atoms with van der Waals surface area (Å²) in [7, 11) is 0. The minimum absolute atomic E-state index is 0.0443. The van der Waals surface area contributed by atoms with Crippen LogP contribution in [0.15, 0.2) is 53.7 Å². The zero-order valence-electron chi connectivity index (χ0n) is 14.2. The van der Waals surface area contributed by atoms with Crippen LogP contribution in [-0.4, -0.2) is 26.0 Å². The van der Waals surface area contributed by atoms with Gasteiger partial charge in [0, 0.05) is 5.69 Å². The van der Waals surface area contributed by atoms with Crippen molar-refractivity contribution in [2.24, 2.45) is 0 Å². The molecule has 0 saturated carbocycles. The number of fused-ring (bicyclic) bond motifs is 1. The number of anilines is 1. The molecule has 2 atom stereocenters. The van der Waals surface area contributed by atoms with Gasteiger partial charge >= 0.3 is 0 Å². The van der Waals surface area contributed by atoms with E-state index in [1.165, 1.54) is 30.0 Å². The van der Waals surface area contributed by atoms with Gasteiger partial charge in [0.1, 0.15) is 16.9 Å². The number of thioether (sulfide) groups is 1. The van der Waals surface area contributed by atoms with E-state index in [0.717, 1.165) is 5.56 Å². The molecular weight excluding hydrogens is 389 g/mol. The number of amides is 1. The zero-order valence-corrected chi connectivity index (χ0v) is 15.8. The van der Waals surface area contributed by atoms with Crippen molar-refractivity contribution in [3.8, 4) is 0 Å². The molecule has 0 fully saturated rings. The maximum Gasteiger partial charge on any atom is 0.240 e. The van der Waals surface area contributed by atoms with Crippen molar-refractivity contribution in [2.75, 3.05) is 10.7 Å². The summed E-state index contributed by atoms with van der Waals surface area (Å²) in [6.07, 6.45) is 0.